The first kappa shape index (κ1) is 17.8. The molecule has 0 bridgehead atoms. The van der Waals surface area contributed by atoms with Gasteiger partial charge < -0.3 is 19.0 Å². The van der Waals surface area contributed by atoms with E-state index in [1.165, 1.54) is 13.4 Å². The first-order valence-corrected chi connectivity index (χ1v) is 9.57. The summed E-state index contributed by atoms with van der Waals surface area (Å²) in [6.07, 6.45) is 0.786. The zero-order valence-electron chi connectivity index (χ0n) is 16.0. The predicted octanol–water partition coefficient (Wildman–Crippen LogP) is 1.97. The minimum absolute atomic E-state index is 0.0792. The van der Waals surface area contributed by atoms with Crippen molar-refractivity contribution in [2.75, 3.05) is 13.7 Å². The van der Waals surface area contributed by atoms with E-state index in [-0.39, 0.29) is 41.8 Å². The molecule has 4 aliphatic rings. The van der Waals surface area contributed by atoms with Crippen LogP contribution < -0.4 is 0 Å². The zero-order chi connectivity index (χ0) is 20.0. The second-order valence-corrected chi connectivity index (χ2v) is 8.71. The van der Waals surface area contributed by atoms with Crippen LogP contribution in [0.15, 0.2) is 21.8 Å². The van der Waals surface area contributed by atoms with Gasteiger partial charge in [0.15, 0.2) is 5.76 Å². The molecule has 148 valence electrons. The Labute approximate surface area is 161 Å². The van der Waals surface area contributed by atoms with E-state index in [1.54, 1.807) is 0 Å². The Morgan fingerprint density at radius 2 is 2.04 bits per heavy atom. The molecule has 1 N–H and O–H groups in total. The Morgan fingerprint density at radius 1 is 1.29 bits per heavy atom. The smallest absolute Gasteiger partial charge is 0.342 e. The first-order valence-electron chi connectivity index (χ1n) is 9.57. The molecule has 0 unspecified atom stereocenters. The quantitative estimate of drug-likeness (QED) is 0.775. The molecule has 5 atom stereocenters. The average Bonchev–Trinajstić information content (AvgIpc) is 3.21. The van der Waals surface area contributed by atoms with E-state index >= 15 is 0 Å². The lowest BCUT2D eigenvalue weighted by Crippen LogP contribution is -2.56. The molecule has 0 amide bonds. The molecular formula is C21H22O7. The number of fused-ring (bicyclic) bond motifs is 3. The summed E-state index contributed by atoms with van der Waals surface area (Å²) in [5, 5.41) is 11.2. The third-order valence-corrected chi connectivity index (χ3v) is 7.41. The highest BCUT2D eigenvalue weighted by Crippen LogP contribution is 2.60. The van der Waals surface area contributed by atoms with Crippen molar-refractivity contribution in [2.45, 2.75) is 50.7 Å². The maximum atomic E-state index is 13.4. The molecule has 1 fully saturated rings. The van der Waals surface area contributed by atoms with Gasteiger partial charge in [-0.3, -0.25) is 9.59 Å². The van der Waals surface area contributed by atoms with Crippen LogP contribution in [0.2, 0.25) is 0 Å². The van der Waals surface area contributed by atoms with Crippen LogP contribution in [0, 0.1) is 11.3 Å². The summed E-state index contributed by atoms with van der Waals surface area (Å²) >= 11 is 0. The van der Waals surface area contributed by atoms with Crippen molar-refractivity contribution in [3.8, 4) is 0 Å². The highest BCUT2D eigenvalue weighted by molar-refractivity contribution is 6.14. The van der Waals surface area contributed by atoms with Crippen molar-refractivity contribution < 1.29 is 33.4 Å². The number of carbonyl (C=O) groups is 3. The summed E-state index contributed by atoms with van der Waals surface area (Å²) in [5.74, 6) is -0.970. The van der Waals surface area contributed by atoms with Crippen LogP contribution in [0.1, 0.15) is 59.6 Å². The van der Waals surface area contributed by atoms with E-state index in [9.17, 15) is 19.5 Å². The molecule has 0 saturated heterocycles. The number of rotatable bonds is 2. The van der Waals surface area contributed by atoms with Crippen molar-refractivity contribution >= 4 is 17.5 Å². The highest BCUT2D eigenvalue weighted by Gasteiger charge is 2.63. The van der Waals surface area contributed by atoms with E-state index in [0.717, 1.165) is 0 Å². The first-order chi connectivity index (χ1) is 13.2. The fourth-order valence-corrected chi connectivity index (χ4v) is 6.02. The average molecular weight is 386 g/mol. The molecule has 0 aromatic carbocycles. The fraction of sp³-hybridized carbons (Fsp3) is 0.571. The SMILES string of the molecule is COC[C@@H]1OC(=O)c2coc3c2[C@]1(C)C1=C(C3=O)[C@@H]2CCC(=O)[C@]2(C)C[C@@H]1O. The fourth-order valence-electron chi connectivity index (χ4n) is 6.02. The Bertz CT molecular complexity index is 969. The molecule has 7 heteroatoms. The zero-order valence-corrected chi connectivity index (χ0v) is 16.0. The third kappa shape index (κ3) is 1.84. The number of ketones is 2. The predicted molar refractivity (Wildman–Crippen MR) is 95.0 cm³/mol. The standard InChI is InChI=1S/C21H22O7/c1-20-6-11(22)16-14(10(20)4-5-12(20)23)17(24)18-15-9(7-27-18)19(25)28-13(8-26-3)21(15,16)2/h7,10-11,13,22H,4-6,8H2,1-3H3/t10-,11-,13-,20+,21+/m0/s1. The maximum Gasteiger partial charge on any atom is 0.342 e. The molecule has 7 nitrogen and oxygen atoms in total. The van der Waals surface area contributed by atoms with Gasteiger partial charge in [0.25, 0.3) is 0 Å². The number of methoxy groups -OCH3 is 1. The van der Waals surface area contributed by atoms with Gasteiger partial charge in [-0.25, -0.2) is 4.79 Å². The van der Waals surface area contributed by atoms with Gasteiger partial charge in [-0.05, 0) is 25.3 Å². The summed E-state index contributed by atoms with van der Waals surface area (Å²) in [4.78, 5) is 38.5. The Kier molecular flexibility index (Phi) is 3.45. The number of furan rings is 1. The largest absolute Gasteiger partial charge is 0.460 e. The van der Waals surface area contributed by atoms with E-state index in [1.807, 2.05) is 13.8 Å². The molecule has 1 aromatic rings. The van der Waals surface area contributed by atoms with Gasteiger partial charge >= 0.3 is 5.97 Å². The number of hydrogen-bond acceptors (Lipinski definition) is 7. The summed E-state index contributed by atoms with van der Waals surface area (Å²) in [6, 6.07) is 0. The van der Waals surface area contributed by atoms with Crippen LogP contribution in [0.25, 0.3) is 0 Å². The molecular weight excluding hydrogens is 364 g/mol. The lowest BCUT2D eigenvalue weighted by Gasteiger charge is -2.51. The number of carbonyl (C=O) groups excluding carboxylic acids is 3. The molecule has 2 heterocycles. The Balaban J connectivity index is 1.82. The molecule has 5 rings (SSSR count). The van der Waals surface area contributed by atoms with Crippen LogP contribution >= 0.6 is 0 Å². The lowest BCUT2D eigenvalue weighted by atomic mass is 9.54. The van der Waals surface area contributed by atoms with Crippen molar-refractivity contribution in [1.82, 2.24) is 0 Å². The Hall–Kier alpha value is -2.25. The topological polar surface area (TPSA) is 103 Å². The maximum absolute atomic E-state index is 13.4. The summed E-state index contributed by atoms with van der Waals surface area (Å²) in [5.41, 5.74) is -0.00741. The number of aliphatic hydroxyl groups is 1. The minimum atomic E-state index is -0.987. The van der Waals surface area contributed by atoms with E-state index in [2.05, 4.69) is 0 Å². The summed E-state index contributed by atoms with van der Waals surface area (Å²) in [7, 11) is 1.51. The van der Waals surface area contributed by atoms with E-state index in [0.29, 0.717) is 29.6 Å². The lowest BCUT2D eigenvalue weighted by molar-refractivity contribution is -0.128. The summed E-state index contributed by atoms with van der Waals surface area (Å²) < 4.78 is 16.5. The Morgan fingerprint density at radius 3 is 2.75 bits per heavy atom. The van der Waals surface area contributed by atoms with Crippen LogP contribution in [-0.2, 0) is 19.7 Å². The number of esters is 1. The summed E-state index contributed by atoms with van der Waals surface area (Å²) in [6.45, 7) is 3.82. The van der Waals surface area contributed by atoms with E-state index < -0.39 is 29.0 Å². The molecule has 0 spiro atoms. The van der Waals surface area contributed by atoms with Gasteiger partial charge in [-0.1, -0.05) is 6.92 Å². The van der Waals surface area contributed by atoms with Gasteiger partial charge in [-0.15, -0.1) is 0 Å². The second kappa shape index (κ2) is 5.42. The van der Waals surface area contributed by atoms with Gasteiger partial charge in [0, 0.05) is 36.0 Å². The van der Waals surface area contributed by atoms with Crippen molar-refractivity contribution in [2.24, 2.45) is 11.3 Å². The monoisotopic (exact) mass is 386 g/mol. The normalized spacial score (nSPS) is 38.9. The molecule has 28 heavy (non-hydrogen) atoms. The number of ether oxygens (including phenoxy) is 2. The molecule has 1 aromatic heterocycles. The van der Waals surface area contributed by atoms with Gasteiger partial charge in [0.2, 0.25) is 5.78 Å². The van der Waals surface area contributed by atoms with Crippen molar-refractivity contribution in [3.63, 3.8) is 0 Å². The van der Waals surface area contributed by atoms with Gasteiger partial charge in [-0.2, -0.15) is 0 Å². The molecule has 0 radical (unpaired) electrons. The number of Topliss-reactive ketones (excluding diaryl/α,β-unsaturated/α-hetero) is 2. The van der Waals surface area contributed by atoms with Crippen LogP contribution in [0.5, 0.6) is 0 Å². The van der Waals surface area contributed by atoms with Gasteiger partial charge in [0.05, 0.1) is 18.1 Å². The third-order valence-electron chi connectivity index (χ3n) is 7.41. The molecule has 3 aliphatic carbocycles. The number of allylic oxidation sites excluding steroid dienone is 1. The minimum Gasteiger partial charge on any atom is -0.460 e. The number of cyclic esters (lactones) is 1. The van der Waals surface area contributed by atoms with Crippen LogP contribution in [0.4, 0.5) is 0 Å². The van der Waals surface area contributed by atoms with Gasteiger partial charge in [0.1, 0.15) is 23.7 Å². The second-order valence-electron chi connectivity index (χ2n) is 8.71. The van der Waals surface area contributed by atoms with Crippen LogP contribution in [-0.4, -0.2) is 48.6 Å². The van der Waals surface area contributed by atoms with Crippen molar-refractivity contribution in [3.05, 3.63) is 34.3 Å². The highest BCUT2D eigenvalue weighted by atomic mass is 16.6. The molecule has 1 saturated carbocycles. The van der Waals surface area contributed by atoms with Crippen molar-refractivity contribution in [1.29, 1.82) is 0 Å². The number of aliphatic hydroxyl groups excluding tert-OH is 1. The van der Waals surface area contributed by atoms with Crippen LogP contribution in [0.3, 0.4) is 0 Å². The number of hydrogen-bond donors (Lipinski definition) is 1. The molecule has 1 aliphatic heterocycles. The van der Waals surface area contributed by atoms with E-state index in [4.69, 9.17) is 13.9 Å².